The number of amides is 2. The van der Waals surface area contributed by atoms with Gasteiger partial charge in [0, 0.05) is 0 Å². The lowest BCUT2D eigenvalue weighted by atomic mass is 10.3. The Morgan fingerprint density at radius 2 is 2.24 bits per heavy atom. The van der Waals surface area contributed by atoms with Crippen molar-refractivity contribution >= 4 is 23.3 Å². The van der Waals surface area contributed by atoms with Crippen molar-refractivity contribution in [2.45, 2.75) is 6.54 Å². The van der Waals surface area contributed by atoms with Crippen molar-refractivity contribution in [3.05, 3.63) is 35.1 Å². The van der Waals surface area contributed by atoms with Crippen molar-refractivity contribution in [3.63, 3.8) is 0 Å². The van der Waals surface area contributed by atoms with Crippen LogP contribution in [0.4, 0.5) is 10.5 Å². The summed E-state index contributed by atoms with van der Waals surface area (Å²) in [6.07, 6.45) is 0. The molecule has 17 heavy (non-hydrogen) atoms. The van der Waals surface area contributed by atoms with Gasteiger partial charge in [-0.25, -0.2) is 4.79 Å². The van der Waals surface area contributed by atoms with Crippen LogP contribution in [0.3, 0.4) is 0 Å². The van der Waals surface area contributed by atoms with E-state index in [9.17, 15) is 4.79 Å². The average Bonchev–Trinajstić information content (AvgIpc) is 2.82. The number of hydrogen-bond acceptors (Lipinski definition) is 4. The molecule has 0 saturated heterocycles. The molecule has 7 nitrogen and oxygen atoms in total. The number of nitrogens with zero attached hydrogens (tertiary/aromatic N) is 3. The van der Waals surface area contributed by atoms with Crippen LogP contribution in [-0.2, 0) is 6.54 Å². The molecule has 0 unspecified atom stereocenters. The fraction of sp³-hybridized carbons (Fsp3) is 0.111. The molecule has 8 heteroatoms. The second-order valence-electron chi connectivity index (χ2n) is 3.12. The number of anilines is 1. The first-order valence-corrected chi connectivity index (χ1v) is 5.15. The SMILES string of the molecule is O=C(NCc1nn[nH]n1)Nc1ccccc1Cl. The fourth-order valence-electron chi connectivity index (χ4n) is 1.15. The molecule has 88 valence electrons. The Morgan fingerprint density at radius 3 is 2.94 bits per heavy atom. The summed E-state index contributed by atoms with van der Waals surface area (Å²) in [5, 5.41) is 18.7. The minimum Gasteiger partial charge on any atom is -0.330 e. The molecule has 0 aliphatic carbocycles. The highest BCUT2D eigenvalue weighted by Crippen LogP contribution is 2.19. The van der Waals surface area contributed by atoms with Crippen LogP contribution in [0.5, 0.6) is 0 Å². The molecule has 0 saturated carbocycles. The maximum Gasteiger partial charge on any atom is 0.319 e. The first-order chi connectivity index (χ1) is 8.25. The lowest BCUT2D eigenvalue weighted by Crippen LogP contribution is -2.28. The second kappa shape index (κ2) is 5.26. The number of halogens is 1. The minimum atomic E-state index is -0.386. The van der Waals surface area contributed by atoms with Crippen LogP contribution in [0.1, 0.15) is 5.82 Å². The maximum atomic E-state index is 11.5. The van der Waals surface area contributed by atoms with E-state index >= 15 is 0 Å². The summed E-state index contributed by atoms with van der Waals surface area (Å²) in [5.41, 5.74) is 0.541. The Hall–Kier alpha value is -2.15. The number of carbonyl (C=O) groups excluding carboxylic acids is 1. The van der Waals surface area contributed by atoms with Crippen LogP contribution in [0.15, 0.2) is 24.3 Å². The van der Waals surface area contributed by atoms with Gasteiger partial charge in [0.15, 0.2) is 5.82 Å². The number of H-pyrrole nitrogens is 1. The molecule has 1 aromatic heterocycles. The smallest absolute Gasteiger partial charge is 0.319 e. The zero-order valence-electron chi connectivity index (χ0n) is 8.64. The zero-order chi connectivity index (χ0) is 12.1. The van der Waals surface area contributed by atoms with E-state index in [4.69, 9.17) is 11.6 Å². The summed E-state index contributed by atoms with van der Waals surface area (Å²) in [6, 6.07) is 6.57. The Kier molecular flexibility index (Phi) is 3.51. The van der Waals surface area contributed by atoms with Gasteiger partial charge in [-0.1, -0.05) is 28.9 Å². The molecule has 2 amide bonds. The average molecular weight is 253 g/mol. The van der Waals surface area contributed by atoms with Crippen LogP contribution in [0.25, 0.3) is 0 Å². The van der Waals surface area contributed by atoms with Crippen LogP contribution < -0.4 is 10.6 Å². The molecule has 3 N–H and O–H groups in total. The third-order valence-corrected chi connectivity index (χ3v) is 2.25. The standard InChI is InChI=1S/C9H9ClN6O/c10-6-3-1-2-4-7(6)12-9(17)11-5-8-13-15-16-14-8/h1-4H,5H2,(H2,11,12,17)(H,13,14,15,16). The third-order valence-electron chi connectivity index (χ3n) is 1.92. The quantitative estimate of drug-likeness (QED) is 0.764. The van der Waals surface area contributed by atoms with E-state index in [1.54, 1.807) is 24.3 Å². The Morgan fingerprint density at radius 1 is 1.41 bits per heavy atom. The predicted octanol–water partition coefficient (Wildman–Crippen LogP) is 1.17. The highest BCUT2D eigenvalue weighted by molar-refractivity contribution is 6.33. The van der Waals surface area contributed by atoms with Crippen molar-refractivity contribution in [2.24, 2.45) is 0 Å². The number of rotatable bonds is 3. The van der Waals surface area contributed by atoms with Crippen LogP contribution in [0.2, 0.25) is 5.02 Å². The van der Waals surface area contributed by atoms with Gasteiger partial charge in [-0.3, -0.25) is 0 Å². The van der Waals surface area contributed by atoms with Gasteiger partial charge < -0.3 is 10.6 Å². The topological polar surface area (TPSA) is 95.6 Å². The largest absolute Gasteiger partial charge is 0.330 e. The van der Waals surface area contributed by atoms with Crippen molar-refractivity contribution in [1.82, 2.24) is 25.9 Å². The molecule has 0 bridgehead atoms. The first kappa shape index (κ1) is 11.3. The van der Waals surface area contributed by atoms with E-state index in [0.717, 1.165) is 0 Å². The maximum absolute atomic E-state index is 11.5. The molecule has 0 fully saturated rings. The van der Waals surface area contributed by atoms with E-state index < -0.39 is 0 Å². The molecule has 0 aliphatic rings. The first-order valence-electron chi connectivity index (χ1n) is 4.77. The van der Waals surface area contributed by atoms with Gasteiger partial charge in [-0.2, -0.15) is 5.21 Å². The van der Waals surface area contributed by atoms with Crippen molar-refractivity contribution in [3.8, 4) is 0 Å². The summed E-state index contributed by atoms with van der Waals surface area (Å²) in [6.45, 7) is 0.187. The third kappa shape index (κ3) is 3.15. The molecular weight excluding hydrogens is 244 g/mol. The highest BCUT2D eigenvalue weighted by atomic mass is 35.5. The number of hydrogen-bond donors (Lipinski definition) is 3. The number of tetrazole rings is 1. The molecule has 1 aromatic carbocycles. The van der Waals surface area contributed by atoms with Crippen molar-refractivity contribution < 1.29 is 4.79 Å². The van der Waals surface area contributed by atoms with Crippen molar-refractivity contribution in [1.29, 1.82) is 0 Å². The lowest BCUT2D eigenvalue weighted by Gasteiger charge is -2.07. The number of aromatic amines is 1. The van der Waals surface area contributed by atoms with Crippen molar-refractivity contribution in [2.75, 3.05) is 5.32 Å². The fourth-order valence-corrected chi connectivity index (χ4v) is 1.33. The second-order valence-corrected chi connectivity index (χ2v) is 3.52. The Labute approximate surface area is 102 Å². The lowest BCUT2D eigenvalue weighted by molar-refractivity contribution is 0.251. The van der Waals surface area contributed by atoms with Gasteiger partial charge in [0.05, 0.1) is 17.3 Å². The predicted molar refractivity (Wildman–Crippen MR) is 61.5 cm³/mol. The van der Waals surface area contributed by atoms with E-state index in [-0.39, 0.29) is 12.6 Å². The molecule has 2 aromatic rings. The van der Waals surface area contributed by atoms with Gasteiger partial charge in [0.1, 0.15) is 0 Å². The number of urea groups is 1. The summed E-state index contributed by atoms with van der Waals surface area (Å²) in [7, 11) is 0. The molecular formula is C9H9ClN6O. The number of aromatic nitrogens is 4. The van der Waals surface area contributed by atoms with E-state index in [0.29, 0.717) is 16.5 Å². The normalized spacial score (nSPS) is 9.94. The van der Waals surface area contributed by atoms with Gasteiger partial charge in [-0.15, -0.1) is 10.2 Å². The minimum absolute atomic E-state index is 0.187. The highest BCUT2D eigenvalue weighted by Gasteiger charge is 2.05. The van der Waals surface area contributed by atoms with Gasteiger partial charge in [0.25, 0.3) is 0 Å². The summed E-state index contributed by atoms with van der Waals surface area (Å²) >= 11 is 5.89. The molecule has 0 atom stereocenters. The van der Waals surface area contributed by atoms with Gasteiger partial charge in [0.2, 0.25) is 0 Å². The van der Waals surface area contributed by atoms with Crippen LogP contribution in [-0.4, -0.2) is 26.7 Å². The molecule has 2 rings (SSSR count). The van der Waals surface area contributed by atoms with Gasteiger partial charge in [-0.05, 0) is 12.1 Å². The number of para-hydroxylation sites is 1. The number of nitrogens with one attached hydrogen (secondary N) is 3. The Bertz CT molecular complexity index is 500. The van der Waals surface area contributed by atoms with E-state index in [1.165, 1.54) is 0 Å². The number of carbonyl (C=O) groups is 1. The van der Waals surface area contributed by atoms with Crippen LogP contribution >= 0.6 is 11.6 Å². The summed E-state index contributed by atoms with van der Waals surface area (Å²) in [5.74, 6) is 0.402. The number of benzene rings is 1. The van der Waals surface area contributed by atoms with Crippen LogP contribution in [0, 0.1) is 0 Å². The van der Waals surface area contributed by atoms with Gasteiger partial charge >= 0.3 is 6.03 Å². The summed E-state index contributed by atoms with van der Waals surface area (Å²) < 4.78 is 0. The molecule has 0 spiro atoms. The molecule has 0 radical (unpaired) electrons. The zero-order valence-corrected chi connectivity index (χ0v) is 9.40. The van der Waals surface area contributed by atoms with E-state index in [2.05, 4.69) is 31.3 Å². The Balaban J connectivity index is 1.87. The molecule has 1 heterocycles. The summed E-state index contributed by atoms with van der Waals surface area (Å²) in [4.78, 5) is 11.5. The molecule has 0 aliphatic heterocycles. The van der Waals surface area contributed by atoms with E-state index in [1.807, 2.05) is 0 Å². The monoisotopic (exact) mass is 252 g/mol.